The van der Waals surface area contributed by atoms with Gasteiger partial charge in [0.15, 0.2) is 17.3 Å². The van der Waals surface area contributed by atoms with Crippen LogP contribution in [0.4, 0.5) is 5.82 Å². The van der Waals surface area contributed by atoms with Crippen molar-refractivity contribution in [3.8, 4) is 0 Å². The van der Waals surface area contributed by atoms with Crippen LogP contribution in [0.1, 0.15) is 37.4 Å². The Bertz CT molecular complexity index is 1170. The molecule has 6 N–H and O–H groups in total. The van der Waals surface area contributed by atoms with Crippen molar-refractivity contribution in [3.63, 3.8) is 0 Å². The second-order valence-electron chi connectivity index (χ2n) is 8.76. The summed E-state index contributed by atoms with van der Waals surface area (Å²) in [5.41, 5.74) is -0.486. The molecule has 3 fully saturated rings. The Kier molecular flexibility index (Phi) is 5.64. The van der Waals surface area contributed by atoms with Crippen LogP contribution < -0.4 is 5.32 Å². The van der Waals surface area contributed by atoms with Crippen molar-refractivity contribution in [1.29, 1.82) is 0 Å². The third kappa shape index (κ3) is 4.34. The number of pyridine rings is 1. The summed E-state index contributed by atoms with van der Waals surface area (Å²) < 4.78 is 33.5. The van der Waals surface area contributed by atoms with Crippen molar-refractivity contribution in [2.24, 2.45) is 0 Å². The predicted octanol–water partition coefficient (Wildman–Crippen LogP) is 0.631. The van der Waals surface area contributed by atoms with Crippen molar-refractivity contribution in [1.82, 2.24) is 15.0 Å². The van der Waals surface area contributed by atoms with Crippen molar-refractivity contribution >= 4 is 32.0 Å². The summed E-state index contributed by atoms with van der Waals surface area (Å²) in [6.07, 6.45) is 2.26. The van der Waals surface area contributed by atoms with E-state index in [1.807, 2.05) is 0 Å². The molecule has 1 aliphatic heterocycles. The highest BCUT2D eigenvalue weighted by Crippen LogP contribution is 2.64. The highest BCUT2D eigenvalue weighted by molar-refractivity contribution is 7.70. The van der Waals surface area contributed by atoms with Crippen molar-refractivity contribution < 1.29 is 43.3 Å². The van der Waals surface area contributed by atoms with Gasteiger partial charge in [-0.1, -0.05) is 12.8 Å². The summed E-state index contributed by atoms with van der Waals surface area (Å²) in [4.78, 5) is 40.5. The minimum absolute atomic E-state index is 0.330. The number of aliphatic hydroxyl groups excluding tert-OH is 1. The number of fused-ring (bicyclic) bond motifs is 2. The number of hydrogen-bond donors (Lipinski definition) is 6. The van der Waals surface area contributed by atoms with Crippen LogP contribution in [0.5, 0.6) is 0 Å². The zero-order chi connectivity index (χ0) is 23.6. The van der Waals surface area contributed by atoms with Gasteiger partial charge < -0.3 is 34.9 Å². The monoisotopic (exact) mass is 502 g/mol. The van der Waals surface area contributed by atoms with Gasteiger partial charge in [0.25, 0.3) is 0 Å². The van der Waals surface area contributed by atoms with Gasteiger partial charge in [0, 0.05) is 17.8 Å². The average molecular weight is 502 g/mol. The van der Waals surface area contributed by atoms with E-state index in [0.717, 1.165) is 25.7 Å². The van der Waals surface area contributed by atoms with Gasteiger partial charge in [-0.15, -0.1) is 0 Å². The number of nitrogens with one attached hydrogen (secondary N) is 1. The Balaban J connectivity index is 1.32. The molecule has 180 valence electrons. The molecule has 0 amide bonds. The summed E-state index contributed by atoms with van der Waals surface area (Å²) in [6.45, 7) is 0. The number of aliphatic hydroxyl groups is 2. The fourth-order valence-corrected chi connectivity index (χ4v) is 7.41. The molecule has 33 heavy (non-hydrogen) atoms. The van der Waals surface area contributed by atoms with E-state index in [1.165, 1.54) is 12.5 Å². The molecule has 15 heteroatoms. The highest BCUT2D eigenvalue weighted by atomic mass is 31.2. The van der Waals surface area contributed by atoms with E-state index >= 15 is 0 Å². The van der Waals surface area contributed by atoms with Crippen LogP contribution in [0, 0.1) is 0 Å². The lowest BCUT2D eigenvalue weighted by atomic mass is 10.0. The van der Waals surface area contributed by atoms with E-state index in [-0.39, 0.29) is 0 Å². The van der Waals surface area contributed by atoms with Crippen molar-refractivity contribution in [2.45, 2.75) is 61.7 Å². The van der Waals surface area contributed by atoms with Crippen molar-refractivity contribution in [3.05, 3.63) is 24.2 Å². The Morgan fingerprint density at radius 2 is 1.91 bits per heavy atom. The molecular weight excluding hydrogens is 478 g/mol. The molecule has 2 unspecified atom stereocenters. The molecule has 0 bridgehead atoms. The molecule has 2 saturated carbocycles. The maximum Gasteiger partial charge on any atom is 0.340 e. The molecule has 2 aliphatic carbocycles. The maximum atomic E-state index is 12.0. The number of aromatic nitrogens is 3. The maximum absolute atomic E-state index is 12.0. The van der Waals surface area contributed by atoms with E-state index in [0.29, 0.717) is 28.5 Å². The largest absolute Gasteiger partial charge is 0.387 e. The van der Waals surface area contributed by atoms with Gasteiger partial charge in [0.2, 0.25) is 0 Å². The zero-order valence-corrected chi connectivity index (χ0v) is 19.0. The molecule has 0 radical (unpaired) electrons. The first-order chi connectivity index (χ1) is 15.5. The number of rotatable bonds is 7. The molecule has 2 aromatic rings. The van der Waals surface area contributed by atoms with Crippen LogP contribution in [0.3, 0.4) is 0 Å². The smallest absolute Gasteiger partial charge is 0.340 e. The number of anilines is 1. The summed E-state index contributed by atoms with van der Waals surface area (Å²) in [5.74, 6) is -0.783. The summed E-state index contributed by atoms with van der Waals surface area (Å²) in [7, 11) is -9.55. The van der Waals surface area contributed by atoms with Gasteiger partial charge in [-0.05, 0) is 18.9 Å². The van der Waals surface area contributed by atoms with Crippen LogP contribution in [0.2, 0.25) is 0 Å². The Hall–Kier alpha value is -1.53. The normalized spacial score (nSPS) is 33.7. The molecule has 1 saturated heterocycles. The quantitative estimate of drug-likeness (QED) is 0.288. The Labute approximate surface area is 187 Å². The lowest BCUT2D eigenvalue weighted by molar-refractivity contribution is -0.0631. The third-order valence-electron chi connectivity index (χ3n) is 6.29. The molecule has 5 rings (SSSR count). The third-order valence-corrected chi connectivity index (χ3v) is 9.75. The van der Waals surface area contributed by atoms with E-state index in [1.54, 1.807) is 6.07 Å². The van der Waals surface area contributed by atoms with Crippen LogP contribution in [-0.4, -0.2) is 75.7 Å². The number of hydrogen-bond acceptors (Lipinski definition) is 10. The van der Waals surface area contributed by atoms with Crippen LogP contribution >= 0.6 is 15.2 Å². The van der Waals surface area contributed by atoms with E-state index < -0.39 is 51.1 Å². The fourth-order valence-electron chi connectivity index (χ4n) is 4.65. The first kappa shape index (κ1) is 23.2. The summed E-state index contributed by atoms with van der Waals surface area (Å²) in [6, 6.07) is 1.99. The molecule has 3 heterocycles. The molecule has 2 aromatic heterocycles. The molecule has 0 aromatic carbocycles. The molecule has 6 atom stereocenters. The average Bonchev–Trinajstić information content (AvgIpc) is 3.04. The van der Waals surface area contributed by atoms with Crippen LogP contribution in [-0.2, 0) is 18.4 Å². The second-order valence-corrected chi connectivity index (χ2v) is 12.7. The van der Waals surface area contributed by atoms with Gasteiger partial charge >= 0.3 is 15.2 Å². The van der Waals surface area contributed by atoms with Crippen LogP contribution in [0.15, 0.2) is 18.6 Å². The van der Waals surface area contributed by atoms with E-state index in [9.17, 15) is 24.2 Å². The van der Waals surface area contributed by atoms with Crippen LogP contribution in [0.25, 0.3) is 11.0 Å². The SMILES string of the molecule is O=P(O)(O)CP(=O)(O)OC1[C@H]2O[C@@H](c3cnc4c(NC5CCCC5)ncnc4c3)[C@H](O)[C@@]12O. The van der Waals surface area contributed by atoms with Gasteiger partial charge in [-0.3, -0.25) is 18.6 Å². The highest BCUT2D eigenvalue weighted by Gasteiger charge is 2.78. The first-order valence-corrected chi connectivity index (χ1v) is 14.0. The minimum Gasteiger partial charge on any atom is -0.387 e. The topological polar surface area (TPSA) is 204 Å². The number of nitrogens with zero attached hydrogens (tertiary/aromatic N) is 3. The molecule has 0 spiro atoms. The minimum atomic E-state index is -4.83. The lowest BCUT2D eigenvalue weighted by Gasteiger charge is -2.23. The zero-order valence-electron chi connectivity index (χ0n) is 17.3. The first-order valence-electron chi connectivity index (χ1n) is 10.5. The molecular formula is C18H24N4O9P2. The van der Waals surface area contributed by atoms with E-state index in [4.69, 9.17) is 19.0 Å². The number of ether oxygens (including phenoxy) is 1. The molecule has 13 nitrogen and oxygen atoms in total. The lowest BCUT2D eigenvalue weighted by Crippen LogP contribution is -2.35. The van der Waals surface area contributed by atoms with E-state index in [2.05, 4.69) is 20.3 Å². The van der Waals surface area contributed by atoms with Gasteiger partial charge in [0.05, 0.1) is 5.52 Å². The summed E-state index contributed by atoms with van der Waals surface area (Å²) >= 11 is 0. The van der Waals surface area contributed by atoms with Crippen molar-refractivity contribution in [2.75, 3.05) is 11.2 Å². The van der Waals surface area contributed by atoms with Gasteiger partial charge in [0.1, 0.15) is 36.3 Å². The fraction of sp³-hybridized carbons (Fsp3) is 0.611. The summed E-state index contributed by atoms with van der Waals surface area (Å²) in [5, 5.41) is 24.8. The van der Waals surface area contributed by atoms with Gasteiger partial charge in [-0.2, -0.15) is 0 Å². The predicted molar refractivity (Wildman–Crippen MR) is 113 cm³/mol. The second kappa shape index (κ2) is 8.01. The standard InChI is InChI=1S/C18H24N4O9P2/c23-14-13(30-15-16(18(14,15)24)31-33(28,29)8-32(25,26)27)9-5-11-12(19-6-9)17(21-7-20-11)22-10-3-1-2-4-10/h5-7,10,13-16,23-24H,1-4,8H2,(H,28,29)(H,20,21,22)(H2,25,26,27)/t13-,14-,15+,16?,18-/m0/s1. The van der Waals surface area contributed by atoms with Gasteiger partial charge in [-0.25, -0.2) is 9.97 Å². The Morgan fingerprint density at radius 3 is 2.55 bits per heavy atom. The Morgan fingerprint density at radius 1 is 1.18 bits per heavy atom. The molecule has 3 aliphatic rings.